The summed E-state index contributed by atoms with van der Waals surface area (Å²) in [6.07, 6.45) is 2.47. The topological polar surface area (TPSA) is 118 Å². The molecule has 0 aliphatic heterocycles. The van der Waals surface area contributed by atoms with E-state index < -0.39 is 6.03 Å². The second-order valence-electron chi connectivity index (χ2n) is 7.35. The average molecular weight is 566 g/mol. The van der Waals surface area contributed by atoms with E-state index in [1.807, 2.05) is 0 Å². The molecule has 3 N–H and O–H groups in total. The van der Waals surface area contributed by atoms with Crippen molar-refractivity contribution in [1.82, 2.24) is 9.97 Å². The summed E-state index contributed by atoms with van der Waals surface area (Å²) >= 11 is 19.0. The van der Waals surface area contributed by atoms with Gasteiger partial charge in [0.1, 0.15) is 33.7 Å². The van der Waals surface area contributed by atoms with Gasteiger partial charge in [-0.3, -0.25) is 9.69 Å². The summed E-state index contributed by atoms with van der Waals surface area (Å²) in [4.78, 5) is 34.4. The lowest BCUT2D eigenvalue weighted by atomic mass is 10.2. The molecule has 3 rings (SSSR count). The quantitative estimate of drug-likeness (QED) is 0.278. The highest BCUT2D eigenvalue weighted by Gasteiger charge is 2.22. The lowest BCUT2D eigenvalue weighted by molar-refractivity contribution is -0.111. The summed E-state index contributed by atoms with van der Waals surface area (Å²) in [7, 11) is 4.38. The van der Waals surface area contributed by atoms with Crippen molar-refractivity contribution in [2.45, 2.75) is 6.54 Å². The number of amides is 3. The van der Waals surface area contributed by atoms with Gasteiger partial charge in [-0.05, 0) is 18.2 Å². The Balaban J connectivity index is 1.78. The molecule has 0 radical (unpaired) electrons. The Hall–Kier alpha value is -3.73. The van der Waals surface area contributed by atoms with Crippen molar-refractivity contribution in [3.8, 4) is 11.5 Å². The van der Waals surface area contributed by atoms with Gasteiger partial charge < -0.3 is 25.4 Å². The van der Waals surface area contributed by atoms with Crippen molar-refractivity contribution in [1.29, 1.82) is 0 Å². The summed E-state index contributed by atoms with van der Waals surface area (Å²) < 4.78 is 10.5. The number of carbonyl (C=O) groups is 2. The number of nitrogens with zero attached hydrogens (tertiary/aromatic N) is 3. The molecular formula is C24H23Cl3N6O4. The van der Waals surface area contributed by atoms with Gasteiger partial charge >= 0.3 is 6.03 Å². The van der Waals surface area contributed by atoms with E-state index in [9.17, 15) is 9.59 Å². The number of aromatic nitrogens is 2. The molecule has 3 aromatic rings. The number of ether oxygens (including phenoxy) is 2. The highest BCUT2D eigenvalue weighted by molar-refractivity contribution is 6.41. The van der Waals surface area contributed by atoms with Gasteiger partial charge in [0.05, 0.1) is 48.5 Å². The molecule has 3 amide bonds. The van der Waals surface area contributed by atoms with E-state index in [1.165, 1.54) is 38.6 Å². The second-order valence-corrected chi connectivity index (χ2v) is 8.51. The highest BCUT2D eigenvalue weighted by atomic mass is 35.5. The summed E-state index contributed by atoms with van der Waals surface area (Å²) in [5.41, 5.74) is 1.65. The van der Waals surface area contributed by atoms with Crippen molar-refractivity contribution in [2.24, 2.45) is 0 Å². The first kappa shape index (κ1) is 27.9. The third-order valence-electron chi connectivity index (χ3n) is 5.07. The van der Waals surface area contributed by atoms with Crippen LogP contribution in [0.25, 0.3) is 0 Å². The molecule has 2 aromatic carbocycles. The third-order valence-corrected chi connectivity index (χ3v) is 6.13. The number of methoxy groups -OCH3 is 2. The summed E-state index contributed by atoms with van der Waals surface area (Å²) in [6, 6.07) is 7.64. The van der Waals surface area contributed by atoms with E-state index in [1.54, 1.807) is 24.3 Å². The minimum Gasteiger partial charge on any atom is -0.495 e. The van der Waals surface area contributed by atoms with Crippen LogP contribution in [0.1, 0.15) is 5.69 Å². The normalized spacial score (nSPS) is 10.3. The van der Waals surface area contributed by atoms with Gasteiger partial charge in [0.25, 0.3) is 0 Å². The average Bonchev–Trinajstić information content (AvgIpc) is 2.90. The molecule has 1 aromatic heterocycles. The number of benzene rings is 2. The lowest BCUT2D eigenvalue weighted by Crippen LogP contribution is -2.32. The molecule has 0 atom stereocenters. The van der Waals surface area contributed by atoms with Crippen molar-refractivity contribution < 1.29 is 19.1 Å². The van der Waals surface area contributed by atoms with Gasteiger partial charge in [0.15, 0.2) is 0 Å². The van der Waals surface area contributed by atoms with Gasteiger partial charge in [0, 0.05) is 19.2 Å². The number of hydrogen-bond donors (Lipinski definition) is 3. The Bertz CT molecular complexity index is 1310. The Kier molecular flexibility index (Phi) is 9.40. The zero-order chi connectivity index (χ0) is 27.1. The van der Waals surface area contributed by atoms with Crippen molar-refractivity contribution in [3.63, 3.8) is 0 Å². The monoisotopic (exact) mass is 564 g/mol. The number of urea groups is 1. The van der Waals surface area contributed by atoms with Gasteiger partial charge in [-0.1, -0.05) is 47.4 Å². The smallest absolute Gasteiger partial charge is 0.327 e. The highest BCUT2D eigenvalue weighted by Crippen LogP contribution is 2.44. The number of nitrogens with one attached hydrogen (secondary N) is 3. The van der Waals surface area contributed by atoms with Crippen LogP contribution in [-0.2, 0) is 11.3 Å². The fraction of sp³-hybridized carbons (Fsp3) is 0.167. The number of hydrogen-bond acceptors (Lipinski definition) is 7. The number of halogens is 3. The zero-order valence-electron chi connectivity index (χ0n) is 20.1. The van der Waals surface area contributed by atoms with Crippen LogP contribution < -0.4 is 30.3 Å². The molecule has 194 valence electrons. The van der Waals surface area contributed by atoms with Gasteiger partial charge in [-0.15, -0.1) is 0 Å². The van der Waals surface area contributed by atoms with Crippen LogP contribution in [0.4, 0.5) is 27.7 Å². The molecule has 0 saturated carbocycles. The summed E-state index contributed by atoms with van der Waals surface area (Å²) in [5, 5.41) is 9.13. The van der Waals surface area contributed by atoms with E-state index in [0.717, 1.165) is 6.08 Å². The van der Waals surface area contributed by atoms with Crippen LogP contribution in [0.2, 0.25) is 15.1 Å². The fourth-order valence-electron chi connectivity index (χ4n) is 3.13. The summed E-state index contributed by atoms with van der Waals surface area (Å²) in [5.74, 6) is 0.473. The van der Waals surface area contributed by atoms with Gasteiger partial charge in [-0.25, -0.2) is 14.8 Å². The zero-order valence-corrected chi connectivity index (χ0v) is 22.3. The number of para-hydroxylation sites is 1. The molecule has 0 aliphatic carbocycles. The maximum Gasteiger partial charge on any atom is 0.327 e. The van der Waals surface area contributed by atoms with E-state index in [4.69, 9.17) is 44.3 Å². The minimum atomic E-state index is -0.572. The largest absolute Gasteiger partial charge is 0.495 e. The number of rotatable bonds is 9. The first-order valence-corrected chi connectivity index (χ1v) is 11.7. The molecule has 1 heterocycles. The molecule has 0 aliphatic rings. The Morgan fingerprint density at radius 1 is 1.03 bits per heavy atom. The van der Waals surface area contributed by atoms with Gasteiger partial charge in [0.2, 0.25) is 5.91 Å². The van der Waals surface area contributed by atoms with Crippen molar-refractivity contribution in [3.05, 3.63) is 70.1 Å². The van der Waals surface area contributed by atoms with E-state index >= 15 is 0 Å². The first-order chi connectivity index (χ1) is 17.7. The predicted molar refractivity (Wildman–Crippen MR) is 147 cm³/mol. The molecule has 37 heavy (non-hydrogen) atoms. The van der Waals surface area contributed by atoms with Crippen LogP contribution in [0.15, 0.2) is 49.3 Å². The summed E-state index contributed by atoms with van der Waals surface area (Å²) in [6.45, 7) is 3.67. The second kappa shape index (κ2) is 12.5. The molecule has 0 fully saturated rings. The van der Waals surface area contributed by atoms with Crippen molar-refractivity contribution >= 4 is 69.6 Å². The minimum absolute atomic E-state index is 0.113. The van der Waals surface area contributed by atoms with Crippen LogP contribution >= 0.6 is 34.8 Å². The fourth-order valence-corrected chi connectivity index (χ4v) is 3.96. The molecule has 0 unspecified atom stereocenters. The first-order valence-electron chi connectivity index (χ1n) is 10.6. The van der Waals surface area contributed by atoms with E-state index in [2.05, 4.69) is 32.5 Å². The SMILES string of the molecule is C=CC(=O)Nc1cccc(Cl)c1NCc1cc(N(C)C(=O)Nc2c(Cl)c(OC)cc(OC)c2Cl)ncn1. The van der Waals surface area contributed by atoms with E-state index in [-0.39, 0.29) is 39.7 Å². The Morgan fingerprint density at radius 2 is 1.70 bits per heavy atom. The van der Waals surface area contributed by atoms with Gasteiger partial charge in [-0.2, -0.15) is 0 Å². The molecule has 13 heteroatoms. The van der Waals surface area contributed by atoms with E-state index in [0.29, 0.717) is 27.9 Å². The molecule has 0 spiro atoms. The van der Waals surface area contributed by atoms with Crippen molar-refractivity contribution in [2.75, 3.05) is 42.1 Å². The molecule has 0 saturated heterocycles. The Labute approximate surface area is 228 Å². The maximum absolute atomic E-state index is 13.0. The maximum atomic E-state index is 13.0. The predicted octanol–water partition coefficient (Wildman–Crippen LogP) is 5.86. The standard InChI is InChI=1S/C24H23Cl3N6O4/c1-5-19(34)31-15-8-6-7-14(25)22(15)28-11-13-9-18(30-12-29-13)33(2)24(35)32-23-20(26)16(36-3)10-17(37-4)21(23)27/h5-10,12,28H,1,11H2,2-4H3,(H,31,34)(H,32,35). The molecular weight excluding hydrogens is 543 g/mol. The van der Waals surface area contributed by atoms with Crippen LogP contribution in [0, 0.1) is 0 Å². The van der Waals surface area contributed by atoms with Crippen LogP contribution in [0.5, 0.6) is 11.5 Å². The third kappa shape index (κ3) is 6.53. The van der Waals surface area contributed by atoms with Crippen LogP contribution in [0.3, 0.4) is 0 Å². The molecule has 0 bridgehead atoms. The molecule has 10 nitrogen and oxygen atoms in total. The number of anilines is 4. The lowest BCUT2D eigenvalue weighted by Gasteiger charge is -2.20. The Morgan fingerprint density at radius 3 is 2.32 bits per heavy atom. The van der Waals surface area contributed by atoms with Crippen LogP contribution in [-0.4, -0.2) is 43.2 Å². The number of carbonyl (C=O) groups excluding carboxylic acids is 2.